The highest BCUT2D eigenvalue weighted by Crippen LogP contribution is 2.23. The highest BCUT2D eigenvalue weighted by atomic mass is 16.5. The highest BCUT2D eigenvalue weighted by Gasteiger charge is 2.23. The van der Waals surface area contributed by atoms with E-state index in [2.05, 4.69) is 51.3 Å². The molecule has 1 fully saturated rings. The summed E-state index contributed by atoms with van der Waals surface area (Å²) in [6, 6.07) is 10.6. The van der Waals surface area contributed by atoms with Crippen LogP contribution >= 0.6 is 0 Å². The fourth-order valence-corrected chi connectivity index (χ4v) is 2.40. The van der Waals surface area contributed by atoms with Gasteiger partial charge in [0.2, 0.25) is 0 Å². The maximum Gasteiger partial charge on any atom is 0.163 e. The second-order valence-electron chi connectivity index (χ2n) is 4.75. The van der Waals surface area contributed by atoms with Gasteiger partial charge in [-0.05, 0) is 12.5 Å². The number of morpholine rings is 1. The molecule has 100 valence electrons. The van der Waals surface area contributed by atoms with Crippen LogP contribution in [0.4, 0.5) is 0 Å². The molecule has 2 aromatic rings. The smallest absolute Gasteiger partial charge is 0.163 e. The summed E-state index contributed by atoms with van der Waals surface area (Å²) >= 11 is 0. The van der Waals surface area contributed by atoms with E-state index in [0.29, 0.717) is 0 Å². The molecule has 19 heavy (non-hydrogen) atoms. The minimum atomic E-state index is -0.0117. The molecule has 0 spiro atoms. The van der Waals surface area contributed by atoms with Crippen molar-refractivity contribution in [2.24, 2.45) is 0 Å². The van der Waals surface area contributed by atoms with Gasteiger partial charge in [0.15, 0.2) is 5.82 Å². The van der Waals surface area contributed by atoms with Crippen molar-refractivity contribution in [3.05, 3.63) is 48.0 Å². The third-order valence-electron chi connectivity index (χ3n) is 3.52. The van der Waals surface area contributed by atoms with Crippen LogP contribution in [0.3, 0.4) is 0 Å². The Balaban J connectivity index is 1.87. The molecule has 0 radical (unpaired) electrons. The third-order valence-corrected chi connectivity index (χ3v) is 3.52. The second-order valence-corrected chi connectivity index (χ2v) is 4.75. The van der Waals surface area contributed by atoms with Gasteiger partial charge in [-0.2, -0.15) is 0 Å². The number of aromatic nitrogens is 3. The average Bonchev–Trinajstić information content (AvgIpc) is 2.98. The zero-order valence-corrected chi connectivity index (χ0v) is 11.0. The van der Waals surface area contributed by atoms with Crippen LogP contribution in [0.15, 0.2) is 36.7 Å². The van der Waals surface area contributed by atoms with Crippen molar-refractivity contribution >= 4 is 0 Å². The minimum Gasteiger partial charge on any atom is -0.368 e. The normalized spacial score (nSPS) is 21.2. The van der Waals surface area contributed by atoms with E-state index in [4.69, 9.17) is 4.74 Å². The van der Waals surface area contributed by atoms with Crippen molar-refractivity contribution in [2.75, 3.05) is 19.7 Å². The molecular formula is C14H18N4O. The number of nitrogens with zero attached hydrogens (tertiary/aromatic N) is 3. The highest BCUT2D eigenvalue weighted by molar-refractivity contribution is 5.20. The summed E-state index contributed by atoms with van der Waals surface area (Å²) in [7, 11) is 0. The Hall–Kier alpha value is -1.72. The SMILES string of the molecule is CC(c1ccccc1)n1cnnc1C1CNCCO1. The van der Waals surface area contributed by atoms with Gasteiger partial charge in [0.05, 0.1) is 12.6 Å². The lowest BCUT2D eigenvalue weighted by molar-refractivity contribution is 0.0194. The van der Waals surface area contributed by atoms with Crippen LogP contribution in [0.25, 0.3) is 0 Å². The monoisotopic (exact) mass is 258 g/mol. The number of ether oxygens (including phenoxy) is 1. The molecule has 0 bridgehead atoms. The third kappa shape index (κ3) is 2.52. The van der Waals surface area contributed by atoms with Crippen molar-refractivity contribution in [2.45, 2.75) is 19.1 Å². The molecule has 1 aliphatic rings. The molecule has 0 amide bonds. The van der Waals surface area contributed by atoms with Gasteiger partial charge in [0, 0.05) is 13.1 Å². The molecule has 1 saturated heterocycles. The van der Waals surface area contributed by atoms with E-state index in [1.807, 2.05) is 6.07 Å². The molecule has 0 saturated carbocycles. The van der Waals surface area contributed by atoms with E-state index in [9.17, 15) is 0 Å². The summed E-state index contributed by atoms with van der Waals surface area (Å²) in [5.74, 6) is 0.892. The molecule has 1 aliphatic heterocycles. The maximum atomic E-state index is 5.76. The predicted octanol–water partition coefficient (Wildman–Crippen LogP) is 1.55. The van der Waals surface area contributed by atoms with E-state index in [0.717, 1.165) is 25.5 Å². The zero-order chi connectivity index (χ0) is 13.1. The van der Waals surface area contributed by atoms with Crippen molar-refractivity contribution < 1.29 is 4.74 Å². The van der Waals surface area contributed by atoms with Crippen molar-refractivity contribution in [3.63, 3.8) is 0 Å². The summed E-state index contributed by atoms with van der Waals surface area (Å²) in [4.78, 5) is 0. The maximum absolute atomic E-state index is 5.76. The molecule has 2 atom stereocenters. The average molecular weight is 258 g/mol. The summed E-state index contributed by atoms with van der Waals surface area (Å²) in [6.45, 7) is 4.56. The molecule has 5 heteroatoms. The Kier molecular flexibility index (Phi) is 3.57. The summed E-state index contributed by atoms with van der Waals surface area (Å²) in [5.41, 5.74) is 1.24. The van der Waals surface area contributed by atoms with E-state index >= 15 is 0 Å². The topological polar surface area (TPSA) is 52.0 Å². The first kappa shape index (κ1) is 12.3. The van der Waals surface area contributed by atoms with Gasteiger partial charge in [0.25, 0.3) is 0 Å². The number of hydrogen-bond donors (Lipinski definition) is 1. The van der Waals surface area contributed by atoms with Gasteiger partial charge in [-0.25, -0.2) is 0 Å². The Morgan fingerprint density at radius 2 is 2.21 bits per heavy atom. The molecule has 1 aromatic carbocycles. The van der Waals surface area contributed by atoms with E-state index in [-0.39, 0.29) is 12.1 Å². The van der Waals surface area contributed by atoms with Crippen molar-refractivity contribution in [1.82, 2.24) is 20.1 Å². The van der Waals surface area contributed by atoms with Crippen LogP contribution in [-0.2, 0) is 4.74 Å². The molecule has 1 aromatic heterocycles. The Labute approximate surface area is 112 Å². The van der Waals surface area contributed by atoms with Crippen LogP contribution in [0, 0.1) is 0 Å². The van der Waals surface area contributed by atoms with Crippen LogP contribution in [0.5, 0.6) is 0 Å². The lowest BCUT2D eigenvalue weighted by atomic mass is 10.1. The lowest BCUT2D eigenvalue weighted by Crippen LogP contribution is -2.35. The Morgan fingerprint density at radius 1 is 1.37 bits per heavy atom. The molecule has 0 aliphatic carbocycles. The van der Waals surface area contributed by atoms with Crippen LogP contribution in [0.1, 0.15) is 30.5 Å². The van der Waals surface area contributed by atoms with Gasteiger partial charge in [-0.15, -0.1) is 10.2 Å². The first-order chi connectivity index (χ1) is 9.36. The van der Waals surface area contributed by atoms with Gasteiger partial charge in [-0.1, -0.05) is 30.3 Å². The summed E-state index contributed by atoms with van der Waals surface area (Å²) in [6.07, 6.45) is 1.77. The van der Waals surface area contributed by atoms with Crippen LogP contribution in [0.2, 0.25) is 0 Å². The largest absolute Gasteiger partial charge is 0.368 e. The number of nitrogens with one attached hydrogen (secondary N) is 1. The van der Waals surface area contributed by atoms with Gasteiger partial charge in [0.1, 0.15) is 12.4 Å². The molecule has 2 heterocycles. The minimum absolute atomic E-state index is 0.0117. The second kappa shape index (κ2) is 5.50. The Bertz CT molecular complexity index is 519. The predicted molar refractivity (Wildman–Crippen MR) is 71.8 cm³/mol. The van der Waals surface area contributed by atoms with Gasteiger partial charge < -0.3 is 14.6 Å². The van der Waals surface area contributed by atoms with Gasteiger partial charge in [-0.3, -0.25) is 0 Å². The quantitative estimate of drug-likeness (QED) is 0.907. The molecule has 2 unspecified atom stereocenters. The van der Waals surface area contributed by atoms with E-state index in [1.54, 1.807) is 6.33 Å². The van der Waals surface area contributed by atoms with Crippen LogP contribution in [-0.4, -0.2) is 34.5 Å². The first-order valence-electron chi connectivity index (χ1n) is 6.63. The van der Waals surface area contributed by atoms with Crippen molar-refractivity contribution in [1.29, 1.82) is 0 Å². The number of rotatable bonds is 3. The van der Waals surface area contributed by atoms with E-state index in [1.165, 1.54) is 5.56 Å². The molecular weight excluding hydrogens is 240 g/mol. The summed E-state index contributed by atoms with van der Waals surface area (Å²) in [5, 5.41) is 11.6. The molecule has 1 N–H and O–H groups in total. The fraction of sp³-hybridized carbons (Fsp3) is 0.429. The van der Waals surface area contributed by atoms with Crippen LogP contribution < -0.4 is 5.32 Å². The first-order valence-corrected chi connectivity index (χ1v) is 6.63. The lowest BCUT2D eigenvalue weighted by Gasteiger charge is -2.25. The molecule has 5 nitrogen and oxygen atoms in total. The van der Waals surface area contributed by atoms with Crippen molar-refractivity contribution in [3.8, 4) is 0 Å². The van der Waals surface area contributed by atoms with Gasteiger partial charge >= 0.3 is 0 Å². The number of hydrogen-bond acceptors (Lipinski definition) is 4. The van der Waals surface area contributed by atoms with E-state index < -0.39 is 0 Å². The fourth-order valence-electron chi connectivity index (χ4n) is 2.40. The standard InChI is InChI=1S/C14H18N4O/c1-11(12-5-3-2-4-6-12)18-10-16-17-14(18)13-9-15-7-8-19-13/h2-6,10-11,13,15H,7-9H2,1H3. The summed E-state index contributed by atoms with van der Waals surface area (Å²) < 4.78 is 7.85. The number of benzene rings is 1. The Morgan fingerprint density at radius 3 is 2.95 bits per heavy atom. The zero-order valence-electron chi connectivity index (χ0n) is 11.0. The molecule has 3 rings (SSSR count).